The van der Waals surface area contributed by atoms with E-state index in [1.165, 1.54) is 0 Å². The average Bonchev–Trinajstić information content (AvgIpc) is 2.76. The predicted molar refractivity (Wildman–Crippen MR) is 141 cm³/mol. The fourth-order valence-corrected chi connectivity index (χ4v) is 6.62. The van der Waals surface area contributed by atoms with Crippen molar-refractivity contribution >= 4 is 34.7 Å². The Balaban J connectivity index is 1.82. The van der Waals surface area contributed by atoms with Gasteiger partial charge in [-0.05, 0) is 71.2 Å². The van der Waals surface area contributed by atoms with Gasteiger partial charge in [0, 0.05) is 37.4 Å². The standard InChI is InChI=1S/C28H38N4O6/c1-28(2,3)30-11-13-10-16(31(4)5)14-8-12-9-15-19(24(35)17(12)23(34)18(14)22(13)33)25(36)20(27(29)38)26(37)21(15)32(6)7/h10,12,15,17,19-21,30,33H,8-9,11H2,1-7H3,(H2,29,38). The molecule has 4 rings (SSSR count). The Morgan fingerprint density at radius 2 is 1.68 bits per heavy atom. The Labute approximate surface area is 222 Å². The molecule has 0 aliphatic heterocycles. The van der Waals surface area contributed by atoms with Crippen LogP contribution in [0, 0.1) is 29.6 Å². The molecule has 1 aromatic carbocycles. The van der Waals surface area contributed by atoms with Gasteiger partial charge in [0.2, 0.25) is 5.91 Å². The quantitative estimate of drug-likeness (QED) is 0.471. The molecular weight excluding hydrogens is 488 g/mol. The van der Waals surface area contributed by atoms with Gasteiger partial charge in [-0.15, -0.1) is 0 Å². The second-order valence-corrected chi connectivity index (χ2v) is 12.4. The maximum atomic E-state index is 14.0. The number of likely N-dealkylation sites (N-methyl/N-ethyl adjacent to an activating group) is 1. The number of aromatic hydroxyl groups is 1. The van der Waals surface area contributed by atoms with E-state index < -0.39 is 64.7 Å². The molecule has 0 aromatic heterocycles. The molecule has 206 valence electrons. The molecule has 0 heterocycles. The summed E-state index contributed by atoms with van der Waals surface area (Å²) in [6.45, 7) is 6.30. The van der Waals surface area contributed by atoms with Gasteiger partial charge in [0.25, 0.3) is 0 Å². The summed E-state index contributed by atoms with van der Waals surface area (Å²) < 4.78 is 0. The molecule has 6 unspecified atom stereocenters. The maximum absolute atomic E-state index is 14.0. The first-order valence-electron chi connectivity index (χ1n) is 13.0. The monoisotopic (exact) mass is 526 g/mol. The number of Topliss-reactive ketones (excluding diaryl/α,β-unsaturated/α-hetero) is 4. The van der Waals surface area contributed by atoms with Gasteiger partial charge < -0.3 is 21.1 Å². The fraction of sp³-hybridized carbons (Fsp3) is 0.607. The Kier molecular flexibility index (Phi) is 7.03. The van der Waals surface area contributed by atoms with Crippen molar-refractivity contribution < 1.29 is 29.1 Å². The van der Waals surface area contributed by atoms with Crippen molar-refractivity contribution in [1.29, 1.82) is 0 Å². The number of phenolic OH excluding ortho intramolecular Hbond substituents is 1. The lowest BCUT2D eigenvalue weighted by atomic mass is 9.54. The van der Waals surface area contributed by atoms with Crippen LogP contribution in [0.15, 0.2) is 6.07 Å². The molecule has 3 aliphatic rings. The third kappa shape index (κ3) is 4.43. The van der Waals surface area contributed by atoms with Gasteiger partial charge in [0.15, 0.2) is 29.1 Å². The molecule has 0 spiro atoms. The smallest absolute Gasteiger partial charge is 0.235 e. The number of primary amides is 1. The topological polar surface area (TPSA) is 150 Å². The maximum Gasteiger partial charge on any atom is 0.235 e. The molecule has 0 radical (unpaired) electrons. The van der Waals surface area contributed by atoms with Gasteiger partial charge in [-0.25, -0.2) is 0 Å². The second-order valence-electron chi connectivity index (χ2n) is 12.4. The number of anilines is 1. The minimum Gasteiger partial charge on any atom is -0.507 e. The molecule has 4 N–H and O–H groups in total. The van der Waals surface area contributed by atoms with Crippen molar-refractivity contribution in [2.75, 3.05) is 33.1 Å². The van der Waals surface area contributed by atoms with Crippen molar-refractivity contribution in [3.63, 3.8) is 0 Å². The van der Waals surface area contributed by atoms with Crippen LogP contribution in [-0.2, 0) is 32.1 Å². The van der Waals surface area contributed by atoms with Crippen molar-refractivity contribution in [2.24, 2.45) is 35.3 Å². The first-order chi connectivity index (χ1) is 17.6. The lowest BCUT2D eigenvalue weighted by Gasteiger charge is -2.48. The van der Waals surface area contributed by atoms with Crippen molar-refractivity contribution in [2.45, 2.75) is 51.7 Å². The predicted octanol–water partition coefficient (Wildman–Crippen LogP) is 0.706. The molecule has 6 atom stereocenters. The zero-order valence-electron chi connectivity index (χ0n) is 23.1. The summed E-state index contributed by atoms with van der Waals surface area (Å²) in [6.07, 6.45) is 0.634. The fourth-order valence-electron chi connectivity index (χ4n) is 6.62. The zero-order chi connectivity index (χ0) is 28.4. The summed E-state index contributed by atoms with van der Waals surface area (Å²) in [5, 5.41) is 14.6. The molecule has 2 saturated carbocycles. The number of hydrogen-bond acceptors (Lipinski definition) is 9. The van der Waals surface area contributed by atoms with E-state index in [0.29, 0.717) is 30.5 Å². The van der Waals surface area contributed by atoms with Gasteiger partial charge in [-0.3, -0.25) is 28.9 Å². The van der Waals surface area contributed by atoms with E-state index in [0.717, 1.165) is 5.69 Å². The third-order valence-corrected chi connectivity index (χ3v) is 8.25. The van der Waals surface area contributed by atoms with E-state index in [9.17, 15) is 29.1 Å². The van der Waals surface area contributed by atoms with Crippen LogP contribution in [0.3, 0.4) is 0 Å². The van der Waals surface area contributed by atoms with Crippen LogP contribution in [0.25, 0.3) is 0 Å². The van der Waals surface area contributed by atoms with Crippen LogP contribution in [-0.4, -0.2) is 78.8 Å². The highest BCUT2D eigenvalue weighted by Crippen LogP contribution is 2.50. The molecule has 2 fully saturated rings. The number of nitrogens with zero attached hydrogens (tertiary/aromatic N) is 2. The Morgan fingerprint density at radius 3 is 2.21 bits per heavy atom. The van der Waals surface area contributed by atoms with Gasteiger partial charge in [-0.1, -0.05) is 0 Å². The number of phenols is 1. The number of carbonyl (C=O) groups is 5. The molecule has 0 saturated heterocycles. The zero-order valence-corrected chi connectivity index (χ0v) is 23.1. The SMILES string of the molecule is CN(C)c1cc(CNC(C)(C)C)c(O)c2c1CC1CC3C(C(=O)C(C(N)=O)C(=O)C3N(C)C)C(=O)C1C2=O. The Hall–Kier alpha value is -3.11. The molecule has 10 heteroatoms. The van der Waals surface area contributed by atoms with E-state index in [-0.39, 0.29) is 16.9 Å². The Morgan fingerprint density at radius 1 is 1.05 bits per heavy atom. The molecule has 0 bridgehead atoms. The van der Waals surface area contributed by atoms with Crippen LogP contribution >= 0.6 is 0 Å². The summed E-state index contributed by atoms with van der Waals surface area (Å²) in [4.78, 5) is 70.0. The van der Waals surface area contributed by atoms with Crippen molar-refractivity contribution in [1.82, 2.24) is 10.2 Å². The average molecular weight is 527 g/mol. The van der Waals surface area contributed by atoms with E-state index in [4.69, 9.17) is 5.73 Å². The number of rotatable bonds is 5. The normalized spacial score (nSPS) is 29.2. The van der Waals surface area contributed by atoms with E-state index >= 15 is 0 Å². The molecular formula is C28H38N4O6. The number of amides is 1. The first kappa shape index (κ1) is 27.9. The molecule has 1 amide bonds. The lowest BCUT2D eigenvalue weighted by molar-refractivity contribution is -0.157. The molecule has 3 aliphatic carbocycles. The largest absolute Gasteiger partial charge is 0.507 e. The molecule has 10 nitrogen and oxygen atoms in total. The third-order valence-electron chi connectivity index (χ3n) is 8.25. The van der Waals surface area contributed by atoms with Crippen LogP contribution in [0.5, 0.6) is 5.75 Å². The highest BCUT2D eigenvalue weighted by Gasteiger charge is 2.61. The van der Waals surface area contributed by atoms with E-state index in [1.807, 2.05) is 45.8 Å². The number of benzene rings is 1. The van der Waals surface area contributed by atoms with Gasteiger partial charge in [0.05, 0.1) is 23.4 Å². The van der Waals surface area contributed by atoms with E-state index in [2.05, 4.69) is 5.32 Å². The minimum absolute atomic E-state index is 0.116. The summed E-state index contributed by atoms with van der Waals surface area (Å²) in [5.74, 6) is -8.95. The van der Waals surface area contributed by atoms with Gasteiger partial charge in [0.1, 0.15) is 5.75 Å². The van der Waals surface area contributed by atoms with Crippen molar-refractivity contribution in [3.05, 3.63) is 22.8 Å². The van der Waals surface area contributed by atoms with Gasteiger partial charge >= 0.3 is 0 Å². The van der Waals surface area contributed by atoms with Crippen LogP contribution in [0.2, 0.25) is 0 Å². The number of carbonyl (C=O) groups excluding carboxylic acids is 5. The summed E-state index contributed by atoms with van der Waals surface area (Å²) in [7, 11) is 7.05. The van der Waals surface area contributed by atoms with Crippen LogP contribution < -0.4 is 16.0 Å². The highest BCUT2D eigenvalue weighted by molar-refractivity contribution is 6.28. The minimum atomic E-state index is -1.71. The van der Waals surface area contributed by atoms with Gasteiger partial charge in [-0.2, -0.15) is 0 Å². The number of fused-ring (bicyclic) bond motifs is 3. The number of hydrogen-bond donors (Lipinski definition) is 3. The molecule has 1 aromatic rings. The van der Waals surface area contributed by atoms with E-state index in [1.54, 1.807) is 19.0 Å². The Bertz CT molecular complexity index is 1230. The van der Waals surface area contributed by atoms with Crippen LogP contribution in [0.1, 0.15) is 48.7 Å². The highest BCUT2D eigenvalue weighted by atomic mass is 16.3. The number of ketones is 4. The lowest BCUT2D eigenvalue weighted by Crippen LogP contribution is -2.64. The number of nitrogens with two attached hydrogens (primary N) is 1. The second kappa shape index (κ2) is 9.57. The first-order valence-corrected chi connectivity index (χ1v) is 13.0. The van der Waals surface area contributed by atoms with Crippen molar-refractivity contribution in [3.8, 4) is 5.75 Å². The summed E-state index contributed by atoms with van der Waals surface area (Å²) in [5.41, 5.74) is 7.28. The summed E-state index contributed by atoms with van der Waals surface area (Å²) in [6, 6.07) is 1.02. The van der Waals surface area contributed by atoms with Crippen LogP contribution in [0.4, 0.5) is 5.69 Å². The molecule has 38 heavy (non-hydrogen) atoms. The summed E-state index contributed by atoms with van der Waals surface area (Å²) >= 11 is 0. The number of nitrogens with one attached hydrogen (secondary N) is 1.